The number of fused-ring (bicyclic) bond motifs is 1. The van der Waals surface area contributed by atoms with Crippen LogP contribution < -0.4 is 0 Å². The Morgan fingerprint density at radius 3 is 2.88 bits per heavy atom. The predicted octanol–water partition coefficient (Wildman–Crippen LogP) is 3.83. The van der Waals surface area contributed by atoms with Crippen molar-refractivity contribution in [3.05, 3.63) is 29.8 Å². The molecule has 0 fully saturated rings. The number of rotatable bonds is 6. The summed E-state index contributed by atoms with van der Waals surface area (Å²) in [5, 5.41) is 0. The van der Waals surface area contributed by atoms with Gasteiger partial charge in [-0.3, -0.25) is 0 Å². The molecule has 3 heteroatoms. The molecule has 0 saturated carbocycles. The van der Waals surface area contributed by atoms with Crippen LogP contribution in [0.15, 0.2) is 29.2 Å². The van der Waals surface area contributed by atoms with Crippen LogP contribution in [0.5, 0.6) is 0 Å². The predicted molar refractivity (Wildman–Crippen MR) is 72.0 cm³/mol. The molecular formula is C14H19NOS. The maximum atomic E-state index is 11.2. The molecule has 0 amide bonds. The second-order valence-electron chi connectivity index (χ2n) is 4.41. The lowest BCUT2D eigenvalue weighted by Gasteiger charge is -2.18. The summed E-state index contributed by atoms with van der Waals surface area (Å²) in [6.45, 7) is 3.22. The number of hydrogen-bond acceptors (Lipinski definition) is 3. The van der Waals surface area contributed by atoms with Gasteiger partial charge in [-0.05, 0) is 30.0 Å². The molecule has 0 aromatic heterocycles. The standard InChI is InChI=1S/C14H19NOS/c1-2-3-4-7-10-15-13(11-16)12-8-5-6-9-14(12)17-15/h5-6,8-9,11,13H,2-4,7,10H2,1H3. The number of hydrogen-bond donors (Lipinski definition) is 0. The second kappa shape index (κ2) is 6.22. The van der Waals surface area contributed by atoms with E-state index in [0.29, 0.717) is 0 Å². The maximum Gasteiger partial charge on any atom is 0.142 e. The van der Waals surface area contributed by atoms with Crippen LogP contribution in [-0.4, -0.2) is 17.1 Å². The van der Waals surface area contributed by atoms with E-state index >= 15 is 0 Å². The minimum Gasteiger partial charge on any atom is -0.301 e. The molecule has 1 unspecified atom stereocenters. The first-order valence-corrected chi connectivity index (χ1v) is 7.13. The Hall–Kier alpha value is -0.800. The van der Waals surface area contributed by atoms with Gasteiger partial charge in [-0.25, -0.2) is 4.31 Å². The molecule has 17 heavy (non-hydrogen) atoms. The second-order valence-corrected chi connectivity index (χ2v) is 5.50. The summed E-state index contributed by atoms with van der Waals surface area (Å²) in [5.41, 5.74) is 1.17. The van der Waals surface area contributed by atoms with Crippen molar-refractivity contribution in [2.45, 2.75) is 43.5 Å². The Labute approximate surface area is 108 Å². The molecule has 2 nitrogen and oxygen atoms in total. The van der Waals surface area contributed by atoms with E-state index < -0.39 is 0 Å². The van der Waals surface area contributed by atoms with E-state index in [4.69, 9.17) is 0 Å². The molecule has 1 aliphatic heterocycles. The molecule has 0 aliphatic carbocycles. The Balaban J connectivity index is 1.95. The third-order valence-electron chi connectivity index (χ3n) is 3.12. The molecule has 2 rings (SSSR count). The fourth-order valence-corrected chi connectivity index (χ4v) is 3.35. The van der Waals surface area contributed by atoms with Gasteiger partial charge in [-0.15, -0.1) is 0 Å². The summed E-state index contributed by atoms with van der Waals surface area (Å²) in [4.78, 5) is 12.5. The number of carbonyl (C=O) groups is 1. The van der Waals surface area contributed by atoms with Crippen molar-refractivity contribution in [2.24, 2.45) is 0 Å². The molecule has 1 heterocycles. The van der Waals surface area contributed by atoms with E-state index in [9.17, 15) is 4.79 Å². The highest BCUT2D eigenvalue weighted by atomic mass is 32.2. The summed E-state index contributed by atoms with van der Waals surface area (Å²) >= 11 is 1.73. The topological polar surface area (TPSA) is 20.3 Å². The fourth-order valence-electron chi connectivity index (χ4n) is 2.17. The van der Waals surface area contributed by atoms with Crippen LogP contribution in [0, 0.1) is 0 Å². The Bertz CT molecular complexity index is 380. The maximum absolute atomic E-state index is 11.2. The van der Waals surface area contributed by atoms with E-state index in [-0.39, 0.29) is 6.04 Å². The van der Waals surface area contributed by atoms with Gasteiger partial charge < -0.3 is 4.79 Å². The molecule has 1 atom stereocenters. The Morgan fingerprint density at radius 1 is 1.29 bits per heavy atom. The number of nitrogens with zero attached hydrogens (tertiary/aromatic N) is 1. The van der Waals surface area contributed by atoms with Crippen molar-refractivity contribution in [3.8, 4) is 0 Å². The lowest BCUT2D eigenvalue weighted by Crippen LogP contribution is -2.19. The summed E-state index contributed by atoms with van der Waals surface area (Å²) in [6.07, 6.45) is 6.05. The minimum atomic E-state index is -0.0437. The van der Waals surface area contributed by atoms with E-state index in [2.05, 4.69) is 23.4 Å². The van der Waals surface area contributed by atoms with Crippen molar-refractivity contribution in [3.63, 3.8) is 0 Å². The van der Waals surface area contributed by atoms with E-state index in [1.54, 1.807) is 11.9 Å². The van der Waals surface area contributed by atoms with Crippen LogP contribution in [0.1, 0.15) is 44.2 Å². The quantitative estimate of drug-likeness (QED) is 0.434. The van der Waals surface area contributed by atoms with E-state index in [1.165, 1.54) is 36.1 Å². The molecule has 1 aromatic carbocycles. The average Bonchev–Trinajstić information content (AvgIpc) is 2.72. The van der Waals surface area contributed by atoms with Crippen LogP contribution in [0.25, 0.3) is 0 Å². The SMILES string of the molecule is CCCCCCN1Sc2ccccc2C1C=O. The lowest BCUT2D eigenvalue weighted by molar-refractivity contribution is -0.110. The zero-order chi connectivity index (χ0) is 12.1. The molecule has 0 saturated heterocycles. The van der Waals surface area contributed by atoms with Crippen LogP contribution in [0.3, 0.4) is 0 Å². The summed E-state index contributed by atoms with van der Waals surface area (Å²) in [6, 6.07) is 8.17. The van der Waals surface area contributed by atoms with Gasteiger partial charge in [0.2, 0.25) is 0 Å². The summed E-state index contributed by atoms with van der Waals surface area (Å²) < 4.78 is 2.22. The van der Waals surface area contributed by atoms with Gasteiger partial charge in [0.15, 0.2) is 0 Å². The van der Waals surface area contributed by atoms with Crippen LogP contribution in [-0.2, 0) is 4.79 Å². The zero-order valence-corrected chi connectivity index (χ0v) is 11.1. The van der Waals surface area contributed by atoms with Crippen molar-refractivity contribution in [1.82, 2.24) is 4.31 Å². The van der Waals surface area contributed by atoms with Gasteiger partial charge in [0, 0.05) is 11.4 Å². The Morgan fingerprint density at radius 2 is 2.12 bits per heavy atom. The molecular weight excluding hydrogens is 230 g/mol. The highest BCUT2D eigenvalue weighted by Gasteiger charge is 2.29. The van der Waals surface area contributed by atoms with Crippen molar-refractivity contribution in [2.75, 3.05) is 6.54 Å². The smallest absolute Gasteiger partial charge is 0.142 e. The number of benzene rings is 1. The van der Waals surface area contributed by atoms with Crippen LogP contribution >= 0.6 is 11.9 Å². The monoisotopic (exact) mass is 249 g/mol. The van der Waals surface area contributed by atoms with E-state index in [0.717, 1.165) is 12.8 Å². The summed E-state index contributed by atoms with van der Waals surface area (Å²) in [5.74, 6) is 0. The van der Waals surface area contributed by atoms with Gasteiger partial charge in [-0.2, -0.15) is 0 Å². The van der Waals surface area contributed by atoms with Gasteiger partial charge in [0.1, 0.15) is 12.3 Å². The normalized spacial score (nSPS) is 19.2. The molecule has 0 spiro atoms. The molecule has 0 radical (unpaired) electrons. The van der Waals surface area contributed by atoms with Crippen molar-refractivity contribution in [1.29, 1.82) is 0 Å². The van der Waals surface area contributed by atoms with Gasteiger partial charge in [-0.1, -0.05) is 44.4 Å². The van der Waals surface area contributed by atoms with Crippen LogP contribution in [0.4, 0.5) is 0 Å². The summed E-state index contributed by atoms with van der Waals surface area (Å²) in [7, 11) is 0. The van der Waals surface area contributed by atoms with E-state index in [1.807, 2.05) is 12.1 Å². The van der Waals surface area contributed by atoms with Crippen molar-refractivity contribution < 1.29 is 4.79 Å². The lowest BCUT2D eigenvalue weighted by atomic mass is 10.1. The molecule has 1 aromatic rings. The van der Waals surface area contributed by atoms with Gasteiger partial charge in [0.05, 0.1) is 0 Å². The molecule has 0 bridgehead atoms. The van der Waals surface area contributed by atoms with Gasteiger partial charge >= 0.3 is 0 Å². The van der Waals surface area contributed by atoms with Crippen molar-refractivity contribution >= 4 is 18.2 Å². The first-order chi connectivity index (χ1) is 8.36. The number of unbranched alkanes of at least 4 members (excludes halogenated alkanes) is 3. The Kier molecular flexibility index (Phi) is 4.63. The fraction of sp³-hybridized carbons (Fsp3) is 0.500. The van der Waals surface area contributed by atoms with Crippen LogP contribution in [0.2, 0.25) is 0 Å². The number of aldehydes is 1. The molecule has 92 valence electrons. The highest BCUT2D eigenvalue weighted by Crippen LogP contribution is 2.42. The zero-order valence-electron chi connectivity index (χ0n) is 10.3. The third-order valence-corrected chi connectivity index (χ3v) is 4.34. The highest BCUT2D eigenvalue weighted by molar-refractivity contribution is 7.97. The average molecular weight is 249 g/mol. The minimum absolute atomic E-state index is 0.0437. The molecule has 0 N–H and O–H groups in total. The largest absolute Gasteiger partial charge is 0.301 e. The molecule has 1 aliphatic rings. The number of carbonyl (C=O) groups excluding carboxylic acids is 1. The first-order valence-electron chi connectivity index (χ1n) is 6.35. The van der Waals surface area contributed by atoms with Gasteiger partial charge in [0.25, 0.3) is 0 Å². The first kappa shape index (κ1) is 12.7. The third kappa shape index (κ3) is 2.90.